The number of anilines is 1. The highest BCUT2D eigenvalue weighted by Gasteiger charge is 2.17. The van der Waals surface area contributed by atoms with Crippen molar-refractivity contribution in [2.75, 3.05) is 5.32 Å². The summed E-state index contributed by atoms with van der Waals surface area (Å²) in [5.74, 6) is -0.0264. The van der Waals surface area contributed by atoms with E-state index in [0.29, 0.717) is 12.1 Å². The van der Waals surface area contributed by atoms with Crippen LogP contribution in [0.15, 0.2) is 79.4 Å². The van der Waals surface area contributed by atoms with E-state index < -0.39 is 0 Å². The molecule has 0 aliphatic heterocycles. The Morgan fingerprint density at radius 3 is 2.63 bits per heavy atom. The van der Waals surface area contributed by atoms with Crippen LogP contribution in [0.3, 0.4) is 0 Å². The number of carbonyl (C=O) groups excluding carboxylic acids is 1. The number of amides is 1. The maximum absolute atomic E-state index is 12.4. The standard InChI is InChI=1S/C30H27N7O/c1-30(2,3)15-27(38)34-20-12-19(16-31-17-20)18-7-8-25-23(13-18)28(37-36-25)26-14-22-21(9-11-33-29(22)35-26)24-6-4-5-10-32-24/h4-14,16-17H,15H2,1-3H3,(H,33,35)(H,34,38)(H,36,37). The lowest BCUT2D eigenvalue weighted by molar-refractivity contribution is -0.117. The van der Waals surface area contributed by atoms with Crippen LogP contribution in [-0.2, 0) is 4.79 Å². The molecule has 0 aliphatic rings. The van der Waals surface area contributed by atoms with Gasteiger partial charge in [0.1, 0.15) is 11.3 Å². The van der Waals surface area contributed by atoms with Gasteiger partial charge in [-0.2, -0.15) is 5.10 Å². The van der Waals surface area contributed by atoms with Gasteiger partial charge < -0.3 is 10.3 Å². The Kier molecular flexibility index (Phi) is 5.72. The van der Waals surface area contributed by atoms with E-state index in [-0.39, 0.29) is 11.3 Å². The fraction of sp³-hybridized carbons (Fsp3) is 0.167. The van der Waals surface area contributed by atoms with E-state index in [1.165, 1.54) is 0 Å². The summed E-state index contributed by atoms with van der Waals surface area (Å²) in [6.07, 6.45) is 7.48. The van der Waals surface area contributed by atoms with Gasteiger partial charge in [-0.05, 0) is 53.4 Å². The smallest absolute Gasteiger partial charge is 0.224 e. The molecule has 188 valence electrons. The van der Waals surface area contributed by atoms with Crippen molar-refractivity contribution in [3.8, 4) is 33.8 Å². The highest BCUT2D eigenvalue weighted by Crippen LogP contribution is 2.34. The number of benzene rings is 1. The van der Waals surface area contributed by atoms with Gasteiger partial charge in [-0.15, -0.1) is 0 Å². The van der Waals surface area contributed by atoms with E-state index in [1.54, 1.807) is 24.8 Å². The van der Waals surface area contributed by atoms with Crippen molar-refractivity contribution in [3.63, 3.8) is 0 Å². The van der Waals surface area contributed by atoms with Crippen LogP contribution >= 0.6 is 0 Å². The molecule has 0 aliphatic carbocycles. The van der Waals surface area contributed by atoms with Crippen molar-refractivity contribution < 1.29 is 4.79 Å². The van der Waals surface area contributed by atoms with Gasteiger partial charge in [-0.3, -0.25) is 19.9 Å². The Hall–Kier alpha value is -4.85. The summed E-state index contributed by atoms with van der Waals surface area (Å²) in [6, 6.07) is 18.0. The van der Waals surface area contributed by atoms with E-state index >= 15 is 0 Å². The molecule has 0 saturated carbocycles. The number of hydrogen-bond donors (Lipinski definition) is 3. The summed E-state index contributed by atoms with van der Waals surface area (Å²) in [5.41, 5.74) is 7.72. The van der Waals surface area contributed by atoms with Gasteiger partial charge >= 0.3 is 0 Å². The third-order valence-corrected chi connectivity index (χ3v) is 6.34. The summed E-state index contributed by atoms with van der Waals surface area (Å²) in [7, 11) is 0. The maximum Gasteiger partial charge on any atom is 0.224 e. The Labute approximate surface area is 219 Å². The van der Waals surface area contributed by atoms with Crippen molar-refractivity contribution in [1.29, 1.82) is 0 Å². The number of aromatic nitrogens is 6. The predicted octanol–water partition coefficient (Wildman–Crippen LogP) is 6.60. The molecule has 1 aromatic carbocycles. The molecule has 6 aromatic rings. The van der Waals surface area contributed by atoms with Crippen LogP contribution in [0.1, 0.15) is 27.2 Å². The molecule has 6 rings (SSSR count). The molecule has 38 heavy (non-hydrogen) atoms. The normalized spacial score (nSPS) is 11.8. The lowest BCUT2D eigenvalue weighted by Crippen LogP contribution is -2.19. The second kappa shape index (κ2) is 9.23. The third kappa shape index (κ3) is 4.64. The Morgan fingerprint density at radius 2 is 1.82 bits per heavy atom. The SMILES string of the molecule is CC(C)(C)CC(=O)Nc1cncc(-c2ccc3[nH]nc(-c4cc5c(-c6ccccn6)ccnc5[nH]4)c3c2)c1. The molecule has 0 unspecified atom stereocenters. The van der Waals surface area contributed by atoms with Crippen LogP contribution in [0.4, 0.5) is 5.69 Å². The number of H-pyrrole nitrogens is 2. The number of fused-ring (bicyclic) bond motifs is 2. The number of carbonyl (C=O) groups is 1. The van der Waals surface area contributed by atoms with E-state index in [9.17, 15) is 4.79 Å². The summed E-state index contributed by atoms with van der Waals surface area (Å²) in [6.45, 7) is 6.13. The molecule has 0 atom stereocenters. The van der Waals surface area contributed by atoms with Crippen LogP contribution in [0.25, 0.3) is 55.7 Å². The molecule has 3 N–H and O–H groups in total. The molecule has 8 heteroatoms. The van der Waals surface area contributed by atoms with Crippen LogP contribution in [0.5, 0.6) is 0 Å². The van der Waals surface area contributed by atoms with Gasteiger partial charge in [0.25, 0.3) is 0 Å². The Morgan fingerprint density at radius 1 is 0.921 bits per heavy atom. The molecule has 1 amide bonds. The second-order valence-corrected chi connectivity index (χ2v) is 10.6. The number of nitrogens with zero attached hydrogens (tertiary/aromatic N) is 4. The predicted molar refractivity (Wildman–Crippen MR) is 150 cm³/mol. The maximum atomic E-state index is 12.4. The fourth-order valence-electron chi connectivity index (χ4n) is 4.65. The topological polar surface area (TPSA) is 112 Å². The minimum atomic E-state index is -0.0889. The van der Waals surface area contributed by atoms with Crippen LogP contribution in [0, 0.1) is 5.41 Å². The largest absolute Gasteiger partial charge is 0.338 e. The highest BCUT2D eigenvalue weighted by molar-refractivity contribution is 6.00. The van der Waals surface area contributed by atoms with Crippen LogP contribution in [0.2, 0.25) is 0 Å². The van der Waals surface area contributed by atoms with Gasteiger partial charge in [0, 0.05) is 46.9 Å². The first-order chi connectivity index (χ1) is 18.3. The summed E-state index contributed by atoms with van der Waals surface area (Å²) in [5, 5.41) is 12.7. The molecule has 5 heterocycles. The number of aromatic amines is 2. The first-order valence-electron chi connectivity index (χ1n) is 12.5. The molecular formula is C30H27N7O. The van der Waals surface area contributed by atoms with Crippen LogP contribution in [-0.4, -0.2) is 36.0 Å². The van der Waals surface area contributed by atoms with Gasteiger partial charge in [-0.1, -0.05) is 32.9 Å². The first-order valence-corrected chi connectivity index (χ1v) is 12.5. The highest BCUT2D eigenvalue weighted by atomic mass is 16.1. The zero-order chi connectivity index (χ0) is 26.3. The summed E-state index contributed by atoms with van der Waals surface area (Å²) in [4.78, 5) is 29.3. The lowest BCUT2D eigenvalue weighted by Gasteiger charge is -2.17. The monoisotopic (exact) mass is 501 g/mol. The number of rotatable bonds is 5. The van der Waals surface area contributed by atoms with Crippen molar-refractivity contribution in [2.45, 2.75) is 27.2 Å². The van der Waals surface area contributed by atoms with Crippen molar-refractivity contribution in [1.82, 2.24) is 30.1 Å². The number of hydrogen-bond acceptors (Lipinski definition) is 5. The van der Waals surface area contributed by atoms with Crippen molar-refractivity contribution >= 4 is 33.5 Å². The van der Waals surface area contributed by atoms with Crippen molar-refractivity contribution in [3.05, 3.63) is 79.4 Å². The minimum Gasteiger partial charge on any atom is -0.338 e. The first kappa shape index (κ1) is 23.5. The van der Waals surface area contributed by atoms with E-state index in [0.717, 1.165) is 55.7 Å². The summed E-state index contributed by atoms with van der Waals surface area (Å²) < 4.78 is 0. The second-order valence-electron chi connectivity index (χ2n) is 10.6. The molecule has 0 saturated heterocycles. The molecule has 0 fully saturated rings. The fourth-order valence-corrected chi connectivity index (χ4v) is 4.65. The zero-order valence-corrected chi connectivity index (χ0v) is 21.4. The van der Waals surface area contributed by atoms with Gasteiger partial charge in [-0.25, -0.2) is 4.98 Å². The Balaban J connectivity index is 1.36. The van der Waals surface area contributed by atoms with E-state index in [1.807, 2.05) is 63.2 Å². The van der Waals surface area contributed by atoms with Gasteiger partial charge in [0.15, 0.2) is 0 Å². The van der Waals surface area contributed by atoms with E-state index in [2.05, 4.69) is 47.6 Å². The number of nitrogens with one attached hydrogen (secondary N) is 3. The quantitative estimate of drug-likeness (QED) is 0.246. The molecule has 8 nitrogen and oxygen atoms in total. The molecular weight excluding hydrogens is 474 g/mol. The third-order valence-electron chi connectivity index (χ3n) is 6.34. The summed E-state index contributed by atoms with van der Waals surface area (Å²) >= 11 is 0. The minimum absolute atomic E-state index is 0.0264. The van der Waals surface area contributed by atoms with Gasteiger partial charge in [0.2, 0.25) is 5.91 Å². The average Bonchev–Trinajstić information content (AvgIpc) is 3.51. The molecule has 0 bridgehead atoms. The molecule has 5 aromatic heterocycles. The number of pyridine rings is 3. The van der Waals surface area contributed by atoms with E-state index in [4.69, 9.17) is 0 Å². The lowest BCUT2D eigenvalue weighted by atomic mass is 9.92. The van der Waals surface area contributed by atoms with Gasteiger partial charge in [0.05, 0.1) is 28.8 Å². The molecule has 0 radical (unpaired) electrons. The Bertz CT molecular complexity index is 1780. The van der Waals surface area contributed by atoms with Crippen LogP contribution < -0.4 is 5.32 Å². The average molecular weight is 502 g/mol. The molecule has 0 spiro atoms. The zero-order valence-electron chi connectivity index (χ0n) is 21.4. The van der Waals surface area contributed by atoms with Crippen molar-refractivity contribution in [2.24, 2.45) is 5.41 Å².